The third-order valence-electron chi connectivity index (χ3n) is 12.6. The smallest absolute Gasteiger partial charge is 0.0464 e. The first-order chi connectivity index (χ1) is 29.4. The van der Waals surface area contributed by atoms with E-state index >= 15 is 0 Å². The quantitative estimate of drug-likeness (QED) is 0.0631. The van der Waals surface area contributed by atoms with Crippen molar-refractivity contribution in [1.29, 1.82) is 0 Å². The molecule has 6 heterocycles. The van der Waals surface area contributed by atoms with Crippen molar-refractivity contribution in [2.24, 2.45) is 0 Å². The summed E-state index contributed by atoms with van der Waals surface area (Å²) in [6.07, 6.45) is 18.2. The van der Waals surface area contributed by atoms with Gasteiger partial charge in [0.05, 0.1) is 0 Å². The van der Waals surface area contributed by atoms with E-state index in [0.29, 0.717) is 0 Å². The zero-order valence-electron chi connectivity index (χ0n) is 35.4. The van der Waals surface area contributed by atoms with Crippen LogP contribution in [-0.2, 0) is 12.8 Å². The second-order valence-corrected chi connectivity index (χ2v) is 23.9. The van der Waals surface area contributed by atoms with E-state index in [4.69, 9.17) is 0 Å². The first kappa shape index (κ1) is 40.7. The zero-order chi connectivity index (χ0) is 40.7. The molecule has 10 rings (SSSR count). The van der Waals surface area contributed by atoms with Gasteiger partial charge >= 0.3 is 0 Å². The van der Waals surface area contributed by atoms with E-state index in [1.165, 1.54) is 184 Å². The summed E-state index contributed by atoms with van der Waals surface area (Å²) in [4.78, 5) is 11.1. The van der Waals surface area contributed by atoms with Crippen molar-refractivity contribution in [3.8, 4) is 29.3 Å². The van der Waals surface area contributed by atoms with Crippen LogP contribution in [0.1, 0.15) is 112 Å². The molecular formula is C54H54S6. The summed E-state index contributed by atoms with van der Waals surface area (Å²) in [6, 6.07) is 34.2. The SMILES string of the molecule is CCCCCCCCc1cc2c(cc(CCCCCCCC)c3c4cc(-c5ccc(-c6cc7sc(-c8ccc(C)s8)cc7s6)s5)sc4ccc23)c2ccc3sc(C)cc3c12. The van der Waals surface area contributed by atoms with Crippen LogP contribution >= 0.6 is 68.0 Å². The fourth-order valence-corrected chi connectivity index (χ4v) is 16.1. The Kier molecular flexibility index (Phi) is 12.1. The highest BCUT2D eigenvalue weighted by atomic mass is 32.1. The first-order valence-corrected chi connectivity index (χ1v) is 27.3. The molecule has 60 heavy (non-hydrogen) atoms. The molecule has 0 fully saturated rings. The summed E-state index contributed by atoms with van der Waals surface area (Å²) >= 11 is 11.7. The Bertz CT molecular complexity index is 3080. The molecule has 0 aliphatic rings. The molecule has 0 bridgehead atoms. The Morgan fingerprint density at radius 3 is 1.33 bits per heavy atom. The van der Waals surface area contributed by atoms with Crippen LogP contribution in [0.15, 0.2) is 84.9 Å². The Morgan fingerprint density at radius 2 is 0.783 bits per heavy atom. The minimum atomic E-state index is 1.14. The summed E-state index contributed by atoms with van der Waals surface area (Å²) in [5.74, 6) is 0. The molecule has 0 radical (unpaired) electrons. The average molecular weight is 895 g/mol. The van der Waals surface area contributed by atoms with Gasteiger partial charge in [0.25, 0.3) is 0 Å². The van der Waals surface area contributed by atoms with Gasteiger partial charge in [0.1, 0.15) is 0 Å². The van der Waals surface area contributed by atoms with Crippen molar-refractivity contribution >= 4 is 130 Å². The maximum atomic E-state index is 2.64. The fourth-order valence-electron chi connectivity index (χ4n) is 9.54. The minimum absolute atomic E-state index is 1.14. The van der Waals surface area contributed by atoms with Crippen LogP contribution in [0, 0.1) is 13.8 Å². The number of rotatable bonds is 17. The number of hydrogen-bond donors (Lipinski definition) is 0. The van der Waals surface area contributed by atoms with Gasteiger partial charge < -0.3 is 0 Å². The maximum absolute atomic E-state index is 2.64. The van der Waals surface area contributed by atoms with Gasteiger partial charge in [-0.2, -0.15) is 0 Å². The molecule has 0 amide bonds. The lowest BCUT2D eigenvalue weighted by Crippen LogP contribution is -1.95. The van der Waals surface area contributed by atoms with Crippen LogP contribution in [0.3, 0.4) is 0 Å². The minimum Gasteiger partial charge on any atom is -0.141 e. The van der Waals surface area contributed by atoms with Gasteiger partial charge in [-0.3, -0.25) is 0 Å². The molecule has 10 aromatic rings. The molecule has 6 aromatic heterocycles. The van der Waals surface area contributed by atoms with Gasteiger partial charge in [-0.05, 0) is 156 Å². The van der Waals surface area contributed by atoms with Crippen LogP contribution in [0.2, 0.25) is 0 Å². The molecule has 0 aliphatic carbocycles. The highest BCUT2D eigenvalue weighted by Crippen LogP contribution is 2.49. The summed E-state index contributed by atoms with van der Waals surface area (Å²) in [7, 11) is 0. The highest BCUT2D eigenvalue weighted by Gasteiger charge is 2.20. The molecule has 0 saturated carbocycles. The molecule has 4 aromatic carbocycles. The normalized spacial score (nSPS) is 12.3. The maximum Gasteiger partial charge on any atom is 0.0464 e. The molecule has 0 saturated heterocycles. The number of aryl methyl sites for hydroxylation is 4. The number of thiophene rings is 6. The zero-order valence-corrected chi connectivity index (χ0v) is 40.3. The second kappa shape index (κ2) is 17.8. The topological polar surface area (TPSA) is 0 Å². The summed E-state index contributed by atoms with van der Waals surface area (Å²) < 4.78 is 5.65. The third kappa shape index (κ3) is 7.95. The fraction of sp³-hybridized carbons (Fsp3) is 0.333. The van der Waals surface area contributed by atoms with Gasteiger partial charge in [-0.25, -0.2) is 0 Å². The first-order valence-electron chi connectivity index (χ1n) is 22.4. The lowest BCUT2D eigenvalue weighted by atomic mass is 9.87. The van der Waals surface area contributed by atoms with E-state index in [0.717, 1.165) is 12.8 Å². The van der Waals surface area contributed by atoms with Crippen molar-refractivity contribution < 1.29 is 0 Å². The molecule has 0 N–H and O–H groups in total. The largest absolute Gasteiger partial charge is 0.141 e. The summed E-state index contributed by atoms with van der Waals surface area (Å²) in [6.45, 7) is 9.11. The van der Waals surface area contributed by atoms with E-state index in [9.17, 15) is 0 Å². The van der Waals surface area contributed by atoms with E-state index in [-0.39, 0.29) is 0 Å². The van der Waals surface area contributed by atoms with Crippen molar-refractivity contribution in [3.05, 3.63) is 106 Å². The molecule has 306 valence electrons. The predicted octanol–water partition coefficient (Wildman–Crippen LogP) is 20.4. The number of unbranched alkanes of at least 4 members (excludes halogenated alkanes) is 10. The molecule has 0 unspecified atom stereocenters. The van der Waals surface area contributed by atoms with Crippen molar-refractivity contribution in [2.45, 2.75) is 118 Å². The molecular weight excluding hydrogens is 841 g/mol. The average Bonchev–Trinajstić information content (AvgIpc) is 4.10. The molecule has 0 atom stereocenters. The van der Waals surface area contributed by atoms with Crippen LogP contribution in [-0.4, -0.2) is 0 Å². The van der Waals surface area contributed by atoms with E-state index in [2.05, 4.69) is 113 Å². The Balaban J connectivity index is 1.06. The lowest BCUT2D eigenvalue weighted by molar-refractivity contribution is 0.608. The number of fused-ring (bicyclic) bond motifs is 10. The summed E-state index contributed by atoms with van der Waals surface area (Å²) in [5, 5.41) is 11.7. The Labute approximate surface area is 379 Å². The monoisotopic (exact) mass is 894 g/mol. The molecule has 0 spiro atoms. The van der Waals surface area contributed by atoms with Gasteiger partial charge in [0, 0.05) is 68.6 Å². The highest BCUT2D eigenvalue weighted by molar-refractivity contribution is 7.34. The number of benzene rings is 4. The van der Waals surface area contributed by atoms with Crippen molar-refractivity contribution in [3.63, 3.8) is 0 Å². The van der Waals surface area contributed by atoms with Crippen LogP contribution in [0.4, 0.5) is 0 Å². The second-order valence-electron chi connectivity index (χ2n) is 17.0. The van der Waals surface area contributed by atoms with E-state index in [1.54, 1.807) is 5.56 Å². The van der Waals surface area contributed by atoms with E-state index < -0.39 is 0 Å². The molecule has 0 aliphatic heterocycles. The summed E-state index contributed by atoms with van der Waals surface area (Å²) in [5.41, 5.74) is 3.09. The lowest BCUT2D eigenvalue weighted by Gasteiger charge is -2.17. The van der Waals surface area contributed by atoms with Crippen LogP contribution in [0.5, 0.6) is 0 Å². The van der Waals surface area contributed by atoms with Gasteiger partial charge in [0.15, 0.2) is 0 Å². The Hall–Kier alpha value is -3.36. The third-order valence-corrected chi connectivity index (χ3v) is 19.6. The molecule has 0 nitrogen and oxygen atoms in total. The van der Waals surface area contributed by atoms with Gasteiger partial charge in [-0.1, -0.05) is 90.2 Å². The van der Waals surface area contributed by atoms with Gasteiger partial charge in [-0.15, -0.1) is 68.0 Å². The van der Waals surface area contributed by atoms with Crippen molar-refractivity contribution in [2.75, 3.05) is 0 Å². The molecule has 6 heteroatoms. The predicted molar refractivity (Wildman–Crippen MR) is 279 cm³/mol. The van der Waals surface area contributed by atoms with Crippen LogP contribution < -0.4 is 0 Å². The van der Waals surface area contributed by atoms with Gasteiger partial charge in [0.2, 0.25) is 0 Å². The van der Waals surface area contributed by atoms with Crippen molar-refractivity contribution in [1.82, 2.24) is 0 Å². The standard InChI is InChI=1S/C54H54S6/c1-5-7-9-11-13-15-17-35-28-40-38-21-24-44-42(30-48(57-44)46-25-26-47(58-46)50-32-52-51(60-50)31-49(59-52)45-22-19-33(3)55-45)54(38)36(18-16-14-12-10-8-6-2)29-39(40)37-20-23-43-41(53(35)37)27-34(4)56-43/h19-32H,5-18H2,1-4H3. The Morgan fingerprint density at radius 1 is 0.317 bits per heavy atom. The number of hydrogen-bond acceptors (Lipinski definition) is 6. The van der Waals surface area contributed by atoms with Crippen LogP contribution in [0.25, 0.3) is 91.2 Å². The van der Waals surface area contributed by atoms with E-state index in [1.807, 2.05) is 68.0 Å².